The summed E-state index contributed by atoms with van der Waals surface area (Å²) in [5, 5.41) is 18.4. The van der Waals surface area contributed by atoms with Gasteiger partial charge in [-0.05, 0) is 37.5 Å². The second kappa shape index (κ2) is 9.42. The van der Waals surface area contributed by atoms with Crippen LogP contribution in [0.15, 0.2) is 18.2 Å². The molecule has 0 saturated heterocycles. The van der Waals surface area contributed by atoms with Gasteiger partial charge in [-0.3, -0.25) is 4.79 Å². The van der Waals surface area contributed by atoms with Crippen LogP contribution in [0.1, 0.15) is 52.5 Å². The Morgan fingerprint density at radius 1 is 1.16 bits per heavy atom. The molecule has 1 unspecified atom stereocenters. The van der Waals surface area contributed by atoms with Crippen molar-refractivity contribution in [1.29, 1.82) is 0 Å². The second-order valence-electron chi connectivity index (χ2n) is 4.87. The molecular formula is C16H26O3. The number of hydrogen-bond donors (Lipinski definition) is 2. The number of benzene rings is 1. The van der Waals surface area contributed by atoms with Crippen LogP contribution in [-0.4, -0.2) is 16.0 Å². The highest BCUT2D eigenvalue weighted by Gasteiger charge is 2.08. The largest absolute Gasteiger partial charge is 0.504 e. The van der Waals surface area contributed by atoms with Gasteiger partial charge in [-0.25, -0.2) is 0 Å². The number of carbonyl (C=O) groups excluding carboxylic acids is 1. The van der Waals surface area contributed by atoms with Gasteiger partial charge in [-0.15, -0.1) is 0 Å². The lowest BCUT2D eigenvalue weighted by Gasteiger charge is -2.07. The van der Waals surface area contributed by atoms with Crippen molar-refractivity contribution in [3.8, 4) is 11.5 Å². The lowest BCUT2D eigenvalue weighted by Crippen LogP contribution is -2.07. The van der Waals surface area contributed by atoms with E-state index in [-0.39, 0.29) is 23.2 Å². The summed E-state index contributed by atoms with van der Waals surface area (Å²) in [6.07, 6.45) is 4.13. The number of phenols is 2. The maximum Gasteiger partial charge on any atom is 0.157 e. The number of rotatable bonds is 5. The fourth-order valence-electron chi connectivity index (χ4n) is 1.31. The van der Waals surface area contributed by atoms with Crippen LogP contribution < -0.4 is 0 Å². The molecule has 0 spiro atoms. The number of phenolic OH excluding ortho intramolecular Hbond substituents is 2. The van der Waals surface area contributed by atoms with Crippen molar-refractivity contribution in [1.82, 2.24) is 0 Å². The number of Topliss-reactive ketones (excluding diaryl/α,β-unsaturated/α-hetero) is 1. The van der Waals surface area contributed by atoms with E-state index in [1.54, 1.807) is 13.0 Å². The summed E-state index contributed by atoms with van der Waals surface area (Å²) in [5.74, 6) is 0.000269. The molecule has 1 atom stereocenters. The van der Waals surface area contributed by atoms with Crippen LogP contribution in [-0.2, 0) is 11.2 Å². The van der Waals surface area contributed by atoms with Crippen LogP contribution in [0.25, 0.3) is 0 Å². The van der Waals surface area contributed by atoms with Gasteiger partial charge in [0.05, 0.1) is 0 Å². The zero-order valence-corrected chi connectivity index (χ0v) is 12.4. The third kappa shape index (κ3) is 7.50. The maximum absolute atomic E-state index is 11.0. The van der Waals surface area contributed by atoms with Crippen molar-refractivity contribution in [2.75, 3.05) is 0 Å². The number of carbonyl (C=O) groups is 1. The monoisotopic (exact) mass is 266 g/mol. The fraction of sp³-hybridized carbons (Fsp3) is 0.562. The zero-order valence-electron chi connectivity index (χ0n) is 12.4. The SMILES string of the molecule is CC(=O)C(C)CCc1ccc(O)c(O)c1.CCCC. The Kier molecular flexibility index (Phi) is 8.68. The van der Waals surface area contributed by atoms with E-state index < -0.39 is 0 Å². The lowest BCUT2D eigenvalue weighted by atomic mass is 9.98. The van der Waals surface area contributed by atoms with Crippen molar-refractivity contribution in [2.45, 2.75) is 53.4 Å². The molecule has 0 fully saturated rings. The number of ketones is 1. The molecule has 19 heavy (non-hydrogen) atoms. The average molecular weight is 266 g/mol. The molecule has 0 amide bonds. The van der Waals surface area contributed by atoms with Crippen LogP contribution in [0.2, 0.25) is 0 Å². The number of aryl methyl sites for hydroxylation is 1. The first-order valence-electron chi connectivity index (χ1n) is 6.93. The molecule has 1 rings (SSSR count). The summed E-state index contributed by atoms with van der Waals surface area (Å²) in [4.78, 5) is 11.0. The van der Waals surface area contributed by atoms with Crippen molar-refractivity contribution < 1.29 is 15.0 Å². The van der Waals surface area contributed by atoms with E-state index in [4.69, 9.17) is 5.11 Å². The van der Waals surface area contributed by atoms with Gasteiger partial charge in [0.2, 0.25) is 0 Å². The smallest absolute Gasteiger partial charge is 0.157 e. The highest BCUT2D eigenvalue weighted by molar-refractivity contribution is 5.77. The Labute approximate surface area is 116 Å². The minimum atomic E-state index is -0.113. The maximum atomic E-state index is 11.0. The first kappa shape index (κ1) is 17.5. The summed E-state index contributed by atoms with van der Waals surface area (Å²) in [6.45, 7) is 7.83. The van der Waals surface area contributed by atoms with Crippen LogP contribution in [0.5, 0.6) is 11.5 Å². The van der Waals surface area contributed by atoms with Gasteiger partial charge in [0, 0.05) is 5.92 Å². The summed E-state index contributed by atoms with van der Waals surface area (Å²) in [5.41, 5.74) is 0.929. The van der Waals surface area contributed by atoms with Crippen LogP contribution >= 0.6 is 0 Å². The zero-order chi connectivity index (χ0) is 14.8. The number of aromatic hydroxyl groups is 2. The molecule has 0 aliphatic rings. The Morgan fingerprint density at radius 2 is 1.74 bits per heavy atom. The van der Waals surface area contributed by atoms with Crippen molar-refractivity contribution in [3.63, 3.8) is 0 Å². The molecule has 0 aliphatic heterocycles. The molecule has 0 heterocycles. The van der Waals surface area contributed by atoms with E-state index in [1.807, 2.05) is 6.92 Å². The van der Waals surface area contributed by atoms with Gasteiger partial charge < -0.3 is 10.2 Å². The predicted molar refractivity (Wildman–Crippen MR) is 78.5 cm³/mol. The predicted octanol–water partition coefficient (Wildman–Crippen LogP) is 4.06. The number of hydrogen-bond acceptors (Lipinski definition) is 3. The molecule has 0 radical (unpaired) electrons. The number of unbranched alkanes of at least 4 members (excludes halogenated alkanes) is 1. The molecule has 108 valence electrons. The van der Waals surface area contributed by atoms with Crippen molar-refractivity contribution >= 4 is 5.78 Å². The Bertz CT molecular complexity index is 384. The van der Waals surface area contributed by atoms with E-state index >= 15 is 0 Å². The quantitative estimate of drug-likeness (QED) is 0.790. The molecular weight excluding hydrogens is 240 g/mol. The van der Waals surface area contributed by atoms with Gasteiger partial charge in [0.25, 0.3) is 0 Å². The standard InChI is InChI=1S/C12H16O3.C4H10/c1-8(9(2)13)3-4-10-5-6-11(14)12(15)7-10;1-3-4-2/h5-8,14-15H,3-4H2,1-2H3;3-4H2,1-2H3. The molecule has 2 N–H and O–H groups in total. The van der Waals surface area contributed by atoms with E-state index in [0.29, 0.717) is 0 Å². The summed E-state index contributed by atoms with van der Waals surface area (Å²) in [7, 11) is 0. The third-order valence-corrected chi connectivity index (χ3v) is 3.10. The van der Waals surface area contributed by atoms with Crippen LogP contribution in [0.4, 0.5) is 0 Å². The van der Waals surface area contributed by atoms with Gasteiger partial charge in [0.1, 0.15) is 5.78 Å². The van der Waals surface area contributed by atoms with Crippen LogP contribution in [0, 0.1) is 5.92 Å². The van der Waals surface area contributed by atoms with E-state index in [2.05, 4.69) is 13.8 Å². The van der Waals surface area contributed by atoms with E-state index in [0.717, 1.165) is 18.4 Å². The molecule has 0 bridgehead atoms. The van der Waals surface area contributed by atoms with Gasteiger partial charge in [-0.2, -0.15) is 0 Å². The highest BCUT2D eigenvalue weighted by atomic mass is 16.3. The van der Waals surface area contributed by atoms with Gasteiger partial charge in [-0.1, -0.05) is 39.7 Å². The Morgan fingerprint density at radius 3 is 2.16 bits per heavy atom. The summed E-state index contributed by atoms with van der Waals surface area (Å²) < 4.78 is 0. The lowest BCUT2D eigenvalue weighted by molar-refractivity contribution is -0.120. The summed E-state index contributed by atoms with van der Waals surface area (Å²) >= 11 is 0. The molecule has 0 saturated carbocycles. The van der Waals surface area contributed by atoms with Crippen molar-refractivity contribution in [3.05, 3.63) is 23.8 Å². The van der Waals surface area contributed by atoms with Crippen molar-refractivity contribution in [2.24, 2.45) is 5.92 Å². The van der Waals surface area contributed by atoms with E-state index in [9.17, 15) is 9.90 Å². The topological polar surface area (TPSA) is 57.5 Å². The third-order valence-electron chi connectivity index (χ3n) is 3.10. The highest BCUT2D eigenvalue weighted by Crippen LogP contribution is 2.25. The molecule has 3 heteroatoms. The summed E-state index contributed by atoms with van der Waals surface area (Å²) in [6, 6.07) is 4.74. The minimum absolute atomic E-state index is 0.0425. The minimum Gasteiger partial charge on any atom is -0.504 e. The Hall–Kier alpha value is -1.51. The molecule has 0 aromatic heterocycles. The first-order valence-corrected chi connectivity index (χ1v) is 6.93. The Balaban J connectivity index is 0.000000711. The molecule has 1 aromatic rings. The molecule has 0 aliphatic carbocycles. The van der Waals surface area contributed by atoms with Crippen LogP contribution in [0.3, 0.4) is 0 Å². The molecule has 1 aromatic carbocycles. The van der Waals surface area contributed by atoms with E-state index in [1.165, 1.54) is 25.0 Å². The normalized spacial score (nSPS) is 11.4. The van der Waals surface area contributed by atoms with Gasteiger partial charge >= 0.3 is 0 Å². The first-order chi connectivity index (χ1) is 8.92. The fourth-order valence-corrected chi connectivity index (χ4v) is 1.31. The average Bonchev–Trinajstić information content (AvgIpc) is 2.39. The molecule has 3 nitrogen and oxygen atoms in total. The van der Waals surface area contributed by atoms with Gasteiger partial charge in [0.15, 0.2) is 11.5 Å². The second-order valence-corrected chi connectivity index (χ2v) is 4.87.